The minimum absolute atomic E-state index is 0.0156. The SMILES string of the molecule is C=C(N)c1cc(-c2cccnc2[C@@H](CC(=O)Cn2nc(C(F)(F)F)c3c2C2CC2C3=O)Cc2cc(F)cc(F)c2)ccc1F. The number of hydrogen-bond acceptors (Lipinski definition) is 5. The predicted octanol–water partition coefficient (Wildman–Crippen LogP) is 6.60. The zero-order chi connectivity index (χ0) is 31.5. The molecule has 2 aliphatic rings. The summed E-state index contributed by atoms with van der Waals surface area (Å²) in [4.78, 5) is 30.6. The first kappa shape index (κ1) is 29.3. The van der Waals surface area contributed by atoms with Gasteiger partial charge in [0.25, 0.3) is 0 Å². The first-order valence-corrected chi connectivity index (χ1v) is 13.7. The number of ketones is 2. The van der Waals surface area contributed by atoms with E-state index in [1.165, 1.54) is 24.4 Å². The molecule has 2 N–H and O–H groups in total. The van der Waals surface area contributed by atoms with Crippen molar-refractivity contribution < 1.29 is 35.9 Å². The Kier molecular flexibility index (Phi) is 7.17. The van der Waals surface area contributed by atoms with Gasteiger partial charge in [-0.15, -0.1) is 0 Å². The van der Waals surface area contributed by atoms with Crippen LogP contribution < -0.4 is 5.73 Å². The van der Waals surface area contributed by atoms with Crippen LogP contribution in [0.5, 0.6) is 0 Å². The Hall–Kier alpha value is -4.74. The second kappa shape index (κ2) is 10.8. The van der Waals surface area contributed by atoms with Gasteiger partial charge in [0.1, 0.15) is 17.5 Å². The molecular formula is C32H24F6N4O2. The van der Waals surface area contributed by atoms with Crippen molar-refractivity contribution in [1.82, 2.24) is 14.8 Å². The summed E-state index contributed by atoms with van der Waals surface area (Å²) in [5.41, 5.74) is 5.65. The molecule has 1 saturated carbocycles. The van der Waals surface area contributed by atoms with Crippen LogP contribution in [0, 0.1) is 23.4 Å². The lowest BCUT2D eigenvalue weighted by Crippen LogP contribution is -2.19. The van der Waals surface area contributed by atoms with E-state index in [0.29, 0.717) is 29.3 Å². The second-order valence-corrected chi connectivity index (χ2v) is 11.2. The highest BCUT2D eigenvalue weighted by molar-refractivity contribution is 6.06. The summed E-state index contributed by atoms with van der Waals surface area (Å²) in [5.74, 6) is -5.15. The highest BCUT2D eigenvalue weighted by Gasteiger charge is 2.58. The quantitative estimate of drug-likeness (QED) is 0.216. The van der Waals surface area contributed by atoms with Crippen LogP contribution in [0.15, 0.2) is 61.3 Å². The van der Waals surface area contributed by atoms with Gasteiger partial charge in [0, 0.05) is 53.3 Å². The van der Waals surface area contributed by atoms with Gasteiger partial charge in [0.2, 0.25) is 0 Å². The van der Waals surface area contributed by atoms with E-state index in [9.17, 15) is 35.9 Å². The summed E-state index contributed by atoms with van der Waals surface area (Å²) in [6.07, 6.45) is -3.36. The number of fused-ring (bicyclic) bond motifs is 3. The zero-order valence-corrected chi connectivity index (χ0v) is 23.0. The van der Waals surface area contributed by atoms with Crippen LogP contribution >= 0.6 is 0 Å². The number of rotatable bonds is 9. The molecule has 0 aliphatic heterocycles. The largest absolute Gasteiger partial charge is 0.435 e. The van der Waals surface area contributed by atoms with Crippen LogP contribution in [0.4, 0.5) is 26.3 Å². The smallest absolute Gasteiger partial charge is 0.399 e. The number of alkyl halides is 3. The van der Waals surface area contributed by atoms with E-state index >= 15 is 0 Å². The molecule has 4 aromatic rings. The monoisotopic (exact) mass is 610 g/mol. The lowest BCUT2D eigenvalue weighted by Gasteiger charge is -2.20. The predicted molar refractivity (Wildman–Crippen MR) is 148 cm³/mol. The van der Waals surface area contributed by atoms with Crippen molar-refractivity contribution in [3.8, 4) is 11.1 Å². The first-order chi connectivity index (χ1) is 20.8. The molecule has 6 rings (SSSR count). The van der Waals surface area contributed by atoms with Crippen molar-refractivity contribution in [2.75, 3.05) is 0 Å². The fraction of sp³-hybridized carbons (Fsp3) is 0.250. The van der Waals surface area contributed by atoms with Gasteiger partial charge in [-0.05, 0) is 54.3 Å². The van der Waals surface area contributed by atoms with Crippen LogP contribution in [0.1, 0.15) is 63.2 Å². The molecule has 0 saturated heterocycles. The third-order valence-corrected chi connectivity index (χ3v) is 8.04. The normalized spacial score (nSPS) is 17.7. The zero-order valence-electron chi connectivity index (χ0n) is 23.0. The number of nitrogens with two attached hydrogens (primary N) is 1. The van der Waals surface area contributed by atoms with Crippen LogP contribution in [0.3, 0.4) is 0 Å². The van der Waals surface area contributed by atoms with E-state index in [1.807, 2.05) is 0 Å². The maximum Gasteiger partial charge on any atom is 0.435 e. The number of pyridine rings is 1. The molecule has 12 heteroatoms. The fourth-order valence-corrected chi connectivity index (χ4v) is 6.10. The fourth-order valence-electron chi connectivity index (χ4n) is 6.10. The van der Waals surface area contributed by atoms with Gasteiger partial charge in [-0.25, -0.2) is 13.2 Å². The number of aromatic nitrogens is 3. The average Bonchev–Trinajstić information content (AvgIpc) is 3.56. The van der Waals surface area contributed by atoms with Gasteiger partial charge < -0.3 is 5.73 Å². The molecule has 0 bridgehead atoms. The van der Waals surface area contributed by atoms with E-state index in [2.05, 4.69) is 16.7 Å². The molecule has 0 spiro atoms. The third-order valence-electron chi connectivity index (χ3n) is 8.04. The molecule has 2 heterocycles. The Morgan fingerprint density at radius 3 is 2.48 bits per heavy atom. The lowest BCUT2D eigenvalue weighted by atomic mass is 9.86. The Balaban J connectivity index is 1.37. The van der Waals surface area contributed by atoms with Gasteiger partial charge in [0.15, 0.2) is 17.3 Å². The number of hydrogen-bond donors (Lipinski definition) is 1. The number of nitrogens with zero attached hydrogens (tertiary/aromatic N) is 3. The Morgan fingerprint density at radius 1 is 1.07 bits per heavy atom. The van der Waals surface area contributed by atoms with Crippen molar-refractivity contribution in [3.05, 3.63) is 113 Å². The van der Waals surface area contributed by atoms with Gasteiger partial charge in [-0.3, -0.25) is 19.3 Å². The van der Waals surface area contributed by atoms with Crippen molar-refractivity contribution in [2.45, 2.75) is 43.8 Å². The Bertz CT molecular complexity index is 1830. The van der Waals surface area contributed by atoms with Crippen LogP contribution in [-0.4, -0.2) is 26.3 Å². The molecule has 3 atom stereocenters. The van der Waals surface area contributed by atoms with Crippen LogP contribution in [0.25, 0.3) is 16.8 Å². The van der Waals surface area contributed by atoms with Gasteiger partial charge in [0.05, 0.1) is 23.5 Å². The van der Waals surface area contributed by atoms with Gasteiger partial charge in [-0.2, -0.15) is 18.3 Å². The van der Waals surface area contributed by atoms with Gasteiger partial charge in [-0.1, -0.05) is 18.7 Å². The maximum absolute atomic E-state index is 14.4. The molecule has 226 valence electrons. The van der Waals surface area contributed by atoms with E-state index in [1.54, 1.807) is 12.1 Å². The summed E-state index contributed by atoms with van der Waals surface area (Å²) in [5, 5.41) is 3.64. The minimum Gasteiger partial charge on any atom is -0.399 e. The Morgan fingerprint density at radius 2 is 1.80 bits per heavy atom. The minimum atomic E-state index is -4.87. The molecular weight excluding hydrogens is 586 g/mol. The molecule has 2 aromatic heterocycles. The summed E-state index contributed by atoms with van der Waals surface area (Å²) >= 11 is 0. The van der Waals surface area contributed by atoms with Crippen LogP contribution in [-0.2, 0) is 23.9 Å². The number of halogens is 6. The summed E-state index contributed by atoms with van der Waals surface area (Å²) in [7, 11) is 0. The number of carbonyl (C=O) groups excluding carboxylic acids is 2. The average molecular weight is 611 g/mol. The van der Waals surface area contributed by atoms with Crippen LogP contribution in [0.2, 0.25) is 0 Å². The molecule has 2 unspecified atom stereocenters. The molecule has 2 aliphatic carbocycles. The maximum atomic E-state index is 14.4. The van der Waals surface area contributed by atoms with E-state index < -0.39 is 70.8 Å². The topological polar surface area (TPSA) is 90.9 Å². The lowest BCUT2D eigenvalue weighted by molar-refractivity contribution is -0.142. The highest BCUT2D eigenvalue weighted by Crippen LogP contribution is 2.58. The summed E-state index contributed by atoms with van der Waals surface area (Å²) in [6.45, 7) is 3.05. The second-order valence-electron chi connectivity index (χ2n) is 11.2. The molecule has 1 fully saturated rings. The number of benzene rings is 2. The van der Waals surface area contributed by atoms with Crippen molar-refractivity contribution in [3.63, 3.8) is 0 Å². The standard InChI is InChI=1S/C32H24F6N4O2/c1-15(39)23-11-17(4-5-26(23)35)22-3-2-6-40-28(22)18(7-16-8-19(33)12-20(34)9-16)10-21(43)14-42-29-24-13-25(24)30(44)27(29)31(41-42)32(36,37)38/h2-6,8-9,11-12,18,24-25H,1,7,10,13-14,39H2/t18-,24?,25?/m1/s1. The molecule has 2 aromatic carbocycles. The molecule has 6 nitrogen and oxygen atoms in total. The third kappa shape index (κ3) is 5.40. The number of carbonyl (C=O) groups is 2. The number of Topliss-reactive ketones (excluding diaryl/α,β-unsaturated/α-hetero) is 2. The molecule has 44 heavy (non-hydrogen) atoms. The first-order valence-electron chi connectivity index (χ1n) is 13.7. The molecule has 0 radical (unpaired) electrons. The van der Waals surface area contributed by atoms with E-state index in [-0.39, 0.29) is 35.4 Å². The van der Waals surface area contributed by atoms with Crippen molar-refractivity contribution >= 4 is 17.3 Å². The molecule has 0 amide bonds. The van der Waals surface area contributed by atoms with Gasteiger partial charge >= 0.3 is 6.18 Å². The Labute approximate surface area is 247 Å². The summed E-state index contributed by atoms with van der Waals surface area (Å²) in [6, 6.07) is 10.4. The van der Waals surface area contributed by atoms with Crippen molar-refractivity contribution in [2.24, 2.45) is 11.7 Å². The van der Waals surface area contributed by atoms with E-state index in [0.717, 1.165) is 16.8 Å². The van der Waals surface area contributed by atoms with Crippen molar-refractivity contribution in [1.29, 1.82) is 0 Å². The van der Waals surface area contributed by atoms with E-state index in [4.69, 9.17) is 5.73 Å². The summed E-state index contributed by atoms with van der Waals surface area (Å²) < 4.78 is 84.8. The highest BCUT2D eigenvalue weighted by atomic mass is 19.4.